The molecule has 0 aliphatic heterocycles. The third-order valence-electron chi connectivity index (χ3n) is 2.09. The number of anilines is 1. The number of nitrogens with zero attached hydrogens (tertiary/aromatic N) is 3. The molecule has 0 heterocycles. The SMILES string of the molecule is CCOc1ccc(NN=C(C#N)C#N)cc1C(F)(F)F. The fourth-order valence-electron chi connectivity index (χ4n) is 1.30. The van der Waals surface area contributed by atoms with Crippen molar-refractivity contribution in [2.75, 3.05) is 12.0 Å². The van der Waals surface area contributed by atoms with E-state index in [4.69, 9.17) is 15.3 Å². The van der Waals surface area contributed by atoms with Crippen molar-refractivity contribution >= 4 is 11.4 Å². The molecule has 0 aliphatic rings. The Morgan fingerprint density at radius 1 is 1.35 bits per heavy atom. The lowest BCUT2D eigenvalue weighted by Gasteiger charge is -2.14. The second-order valence-electron chi connectivity index (χ2n) is 3.44. The molecule has 0 aliphatic carbocycles. The maximum absolute atomic E-state index is 12.8. The van der Waals surface area contributed by atoms with Gasteiger partial charge in [0.25, 0.3) is 0 Å². The van der Waals surface area contributed by atoms with Gasteiger partial charge in [0.15, 0.2) is 0 Å². The van der Waals surface area contributed by atoms with Crippen LogP contribution in [-0.4, -0.2) is 12.3 Å². The zero-order valence-electron chi connectivity index (χ0n) is 10.3. The van der Waals surface area contributed by atoms with Crippen molar-refractivity contribution < 1.29 is 17.9 Å². The van der Waals surface area contributed by atoms with Gasteiger partial charge in [0.2, 0.25) is 5.71 Å². The zero-order valence-corrected chi connectivity index (χ0v) is 10.3. The maximum atomic E-state index is 12.8. The van der Waals surface area contributed by atoms with Gasteiger partial charge >= 0.3 is 6.18 Å². The van der Waals surface area contributed by atoms with Gasteiger partial charge in [0.1, 0.15) is 17.9 Å². The zero-order chi connectivity index (χ0) is 15.2. The van der Waals surface area contributed by atoms with Crippen molar-refractivity contribution in [1.29, 1.82) is 10.5 Å². The fourth-order valence-corrected chi connectivity index (χ4v) is 1.30. The highest BCUT2D eigenvalue weighted by Gasteiger charge is 2.34. The molecule has 0 radical (unpaired) electrons. The van der Waals surface area contributed by atoms with Gasteiger partial charge in [-0.25, -0.2) is 0 Å². The van der Waals surface area contributed by atoms with E-state index in [0.29, 0.717) is 0 Å². The number of alkyl halides is 3. The molecule has 20 heavy (non-hydrogen) atoms. The van der Waals surface area contributed by atoms with E-state index < -0.39 is 17.5 Å². The van der Waals surface area contributed by atoms with Gasteiger partial charge in [-0.2, -0.15) is 28.8 Å². The number of hydrazone groups is 1. The summed E-state index contributed by atoms with van der Waals surface area (Å²) in [7, 11) is 0. The Hall–Kier alpha value is -2.74. The van der Waals surface area contributed by atoms with Crippen LogP contribution in [0.2, 0.25) is 0 Å². The first-order valence-corrected chi connectivity index (χ1v) is 5.40. The van der Waals surface area contributed by atoms with Gasteiger partial charge in [-0.1, -0.05) is 0 Å². The summed E-state index contributed by atoms with van der Waals surface area (Å²) < 4.78 is 43.4. The standard InChI is InChI=1S/C12H9F3N4O/c1-2-20-11-4-3-8(5-10(11)12(13,14)15)18-19-9(6-16)7-17/h3-5,18H,2H2,1H3. The Balaban J connectivity index is 3.11. The number of nitrogens with one attached hydrogen (secondary N) is 1. The summed E-state index contributed by atoms with van der Waals surface area (Å²) in [6, 6.07) is 6.19. The first kappa shape index (κ1) is 15.3. The van der Waals surface area contributed by atoms with E-state index in [0.717, 1.165) is 12.1 Å². The van der Waals surface area contributed by atoms with E-state index in [2.05, 4.69) is 10.5 Å². The molecule has 0 atom stereocenters. The van der Waals surface area contributed by atoms with E-state index in [1.165, 1.54) is 18.2 Å². The number of hydrogen-bond donors (Lipinski definition) is 1. The summed E-state index contributed by atoms with van der Waals surface area (Å²) in [5, 5.41) is 20.3. The minimum Gasteiger partial charge on any atom is -0.493 e. The first-order valence-electron chi connectivity index (χ1n) is 5.40. The van der Waals surface area contributed by atoms with E-state index >= 15 is 0 Å². The molecule has 8 heteroatoms. The lowest BCUT2D eigenvalue weighted by Crippen LogP contribution is -2.09. The summed E-state index contributed by atoms with van der Waals surface area (Å²) in [5.74, 6) is -0.296. The summed E-state index contributed by atoms with van der Waals surface area (Å²) in [5.41, 5.74) is 0.749. The molecule has 0 spiro atoms. The molecule has 0 fully saturated rings. The van der Waals surface area contributed by atoms with Crippen LogP contribution in [0.1, 0.15) is 12.5 Å². The monoisotopic (exact) mass is 282 g/mol. The topological polar surface area (TPSA) is 81.2 Å². The van der Waals surface area contributed by atoms with Crippen molar-refractivity contribution in [2.24, 2.45) is 5.10 Å². The van der Waals surface area contributed by atoms with Crippen LogP contribution in [-0.2, 0) is 6.18 Å². The molecule has 0 saturated heterocycles. The summed E-state index contributed by atoms with van der Waals surface area (Å²) >= 11 is 0. The highest BCUT2D eigenvalue weighted by molar-refractivity contribution is 6.10. The second kappa shape index (κ2) is 6.43. The molecule has 0 amide bonds. The van der Waals surface area contributed by atoms with Crippen molar-refractivity contribution in [3.8, 4) is 17.9 Å². The van der Waals surface area contributed by atoms with Gasteiger partial charge in [0, 0.05) is 0 Å². The van der Waals surface area contributed by atoms with Crippen LogP contribution in [0, 0.1) is 22.7 Å². The van der Waals surface area contributed by atoms with Crippen LogP contribution >= 0.6 is 0 Å². The molecule has 1 aromatic rings. The maximum Gasteiger partial charge on any atom is 0.420 e. The van der Waals surface area contributed by atoms with Crippen LogP contribution in [0.15, 0.2) is 23.3 Å². The Labute approximate surface area is 112 Å². The Morgan fingerprint density at radius 2 is 2.00 bits per heavy atom. The van der Waals surface area contributed by atoms with Gasteiger partial charge in [-0.15, -0.1) is 0 Å². The molecule has 5 nitrogen and oxygen atoms in total. The smallest absolute Gasteiger partial charge is 0.420 e. The molecular weight excluding hydrogens is 273 g/mol. The quantitative estimate of drug-likeness (QED) is 0.680. The van der Waals surface area contributed by atoms with Crippen molar-refractivity contribution in [3.63, 3.8) is 0 Å². The lowest BCUT2D eigenvalue weighted by molar-refractivity contribution is -0.138. The number of rotatable bonds is 4. The normalized spacial score (nSPS) is 10.1. The molecular formula is C12H9F3N4O. The van der Waals surface area contributed by atoms with Crippen LogP contribution in [0.25, 0.3) is 0 Å². The highest BCUT2D eigenvalue weighted by atomic mass is 19.4. The van der Waals surface area contributed by atoms with Crippen molar-refractivity contribution in [1.82, 2.24) is 0 Å². The molecule has 0 unspecified atom stereocenters. The fraction of sp³-hybridized carbons (Fsp3) is 0.250. The average molecular weight is 282 g/mol. The lowest BCUT2D eigenvalue weighted by atomic mass is 10.1. The number of nitriles is 2. The van der Waals surface area contributed by atoms with E-state index in [9.17, 15) is 13.2 Å². The van der Waals surface area contributed by atoms with Crippen LogP contribution in [0.3, 0.4) is 0 Å². The highest BCUT2D eigenvalue weighted by Crippen LogP contribution is 2.37. The van der Waals surface area contributed by atoms with Crippen LogP contribution in [0.4, 0.5) is 18.9 Å². The van der Waals surface area contributed by atoms with E-state index in [1.807, 2.05) is 0 Å². The predicted molar refractivity (Wildman–Crippen MR) is 64.9 cm³/mol. The third kappa shape index (κ3) is 3.89. The molecule has 1 aromatic carbocycles. The molecule has 0 bridgehead atoms. The summed E-state index contributed by atoms with van der Waals surface area (Å²) in [6.45, 7) is 1.67. The van der Waals surface area contributed by atoms with Crippen molar-refractivity contribution in [3.05, 3.63) is 23.8 Å². The van der Waals surface area contributed by atoms with Gasteiger partial charge < -0.3 is 4.74 Å². The number of ether oxygens (including phenoxy) is 1. The van der Waals surface area contributed by atoms with E-state index in [1.54, 1.807) is 6.92 Å². The number of hydrogen-bond acceptors (Lipinski definition) is 5. The van der Waals surface area contributed by atoms with Gasteiger partial charge in [-0.3, -0.25) is 5.43 Å². The Morgan fingerprint density at radius 3 is 2.50 bits per heavy atom. The second-order valence-corrected chi connectivity index (χ2v) is 3.44. The predicted octanol–water partition coefficient (Wildman–Crippen LogP) is 2.92. The van der Waals surface area contributed by atoms with Crippen LogP contribution < -0.4 is 10.2 Å². The summed E-state index contributed by atoms with van der Waals surface area (Å²) in [6.07, 6.45) is -4.58. The largest absolute Gasteiger partial charge is 0.493 e. The minimum atomic E-state index is -4.58. The molecule has 0 aromatic heterocycles. The third-order valence-corrected chi connectivity index (χ3v) is 2.09. The molecule has 104 valence electrons. The Bertz CT molecular complexity index is 580. The number of benzene rings is 1. The minimum absolute atomic E-state index is 0.0104. The number of halogens is 3. The first-order chi connectivity index (χ1) is 9.42. The van der Waals surface area contributed by atoms with Gasteiger partial charge in [-0.05, 0) is 25.1 Å². The average Bonchev–Trinajstić information content (AvgIpc) is 2.40. The summed E-state index contributed by atoms with van der Waals surface area (Å²) in [4.78, 5) is 0. The van der Waals surface area contributed by atoms with Crippen LogP contribution in [0.5, 0.6) is 5.75 Å². The Kier molecular flexibility index (Phi) is 4.93. The molecule has 0 saturated carbocycles. The van der Waals surface area contributed by atoms with E-state index in [-0.39, 0.29) is 18.0 Å². The molecule has 1 rings (SSSR count). The molecule has 1 N–H and O–H groups in total. The van der Waals surface area contributed by atoms with Crippen molar-refractivity contribution in [2.45, 2.75) is 13.1 Å². The van der Waals surface area contributed by atoms with Gasteiger partial charge in [0.05, 0.1) is 17.9 Å².